The van der Waals surface area contributed by atoms with Crippen molar-refractivity contribution in [2.45, 2.75) is 38.5 Å². The van der Waals surface area contributed by atoms with Crippen LogP contribution >= 0.6 is 9.47 Å². The fourth-order valence-corrected chi connectivity index (χ4v) is 2.07. The maximum atomic E-state index is 12.1. The highest BCUT2D eigenvalue weighted by Gasteiger charge is 2.55. The fourth-order valence-electron chi connectivity index (χ4n) is 1.99. The molecule has 1 aromatic rings. The summed E-state index contributed by atoms with van der Waals surface area (Å²) in [7, 11) is 2.03. The van der Waals surface area contributed by atoms with Crippen molar-refractivity contribution in [2.75, 3.05) is 6.79 Å². The van der Waals surface area contributed by atoms with Crippen molar-refractivity contribution in [2.24, 2.45) is 0 Å². The number of likely N-dealkylation sites (tertiary alicyclic amines) is 1. The maximum absolute atomic E-state index is 12.1. The van der Waals surface area contributed by atoms with Gasteiger partial charge in [-0.2, -0.15) is 0 Å². The van der Waals surface area contributed by atoms with Crippen molar-refractivity contribution in [1.29, 1.82) is 0 Å². The van der Waals surface area contributed by atoms with Gasteiger partial charge in [0.25, 0.3) is 5.91 Å². The summed E-state index contributed by atoms with van der Waals surface area (Å²) >= 11 is 0. The molecule has 8 heteroatoms. The van der Waals surface area contributed by atoms with E-state index in [0.717, 1.165) is 4.90 Å². The molecule has 21 heavy (non-hydrogen) atoms. The molecule has 0 bridgehead atoms. The minimum absolute atomic E-state index is 0.0829. The van der Waals surface area contributed by atoms with Crippen molar-refractivity contribution in [3.8, 4) is 0 Å². The van der Waals surface area contributed by atoms with Gasteiger partial charge in [-0.1, -0.05) is 0 Å². The Labute approximate surface area is 124 Å². The summed E-state index contributed by atoms with van der Waals surface area (Å²) in [6, 6.07) is 2.70. The molecular weight excluding hydrogens is 297 g/mol. The van der Waals surface area contributed by atoms with Gasteiger partial charge in [-0.15, -0.1) is 0 Å². The number of β-lactam (4-membered cyclic amide) rings is 1. The topological polar surface area (TPSA) is 78.2 Å². The number of imide groups is 1. The Morgan fingerprint density at radius 3 is 2.71 bits per heavy atom. The molecule has 0 spiro atoms. The average molecular weight is 315 g/mol. The maximum Gasteiger partial charge on any atom is 0.417 e. The molecule has 1 saturated heterocycles. The van der Waals surface area contributed by atoms with Gasteiger partial charge in [-0.05, 0) is 32.9 Å². The largest absolute Gasteiger partial charge is 0.467 e. The number of ether oxygens (including phenoxy) is 2. The Kier molecular flexibility index (Phi) is 4.66. The zero-order valence-corrected chi connectivity index (χ0v) is 13.2. The summed E-state index contributed by atoms with van der Waals surface area (Å²) < 4.78 is 20.5. The molecule has 2 rings (SSSR count). The van der Waals surface area contributed by atoms with Gasteiger partial charge in [0, 0.05) is 9.47 Å². The van der Waals surface area contributed by atoms with E-state index in [0.29, 0.717) is 5.76 Å². The van der Waals surface area contributed by atoms with Gasteiger partial charge in [0.2, 0.25) is 0 Å². The quantitative estimate of drug-likeness (QED) is 0.482. The number of amides is 2. The second-order valence-corrected chi connectivity index (χ2v) is 5.85. The van der Waals surface area contributed by atoms with Gasteiger partial charge >= 0.3 is 6.09 Å². The lowest BCUT2D eigenvalue weighted by Gasteiger charge is -2.43. The predicted molar refractivity (Wildman–Crippen MR) is 75.1 cm³/mol. The lowest BCUT2D eigenvalue weighted by Crippen LogP contribution is -2.62. The van der Waals surface area contributed by atoms with Crippen molar-refractivity contribution in [3.05, 3.63) is 24.2 Å². The summed E-state index contributed by atoms with van der Waals surface area (Å²) in [5, 5.41) is 0. The zero-order chi connectivity index (χ0) is 15.6. The van der Waals surface area contributed by atoms with E-state index in [1.807, 2.05) is 9.47 Å². The second kappa shape index (κ2) is 6.13. The normalized spacial score (nSPS) is 22.1. The van der Waals surface area contributed by atoms with Gasteiger partial charge in [0.15, 0.2) is 12.9 Å². The van der Waals surface area contributed by atoms with Crippen LogP contribution in [0, 0.1) is 0 Å². The number of carbonyl (C=O) groups excluding carboxylic acids is 2. The molecule has 0 radical (unpaired) electrons. The average Bonchev–Trinajstić information content (AvgIpc) is 2.86. The Balaban J connectivity index is 2.16. The van der Waals surface area contributed by atoms with Gasteiger partial charge in [0.05, 0.1) is 6.26 Å². The molecule has 1 fully saturated rings. The summed E-state index contributed by atoms with van der Waals surface area (Å²) in [6.45, 7) is 5.11. The second-order valence-electron chi connectivity index (χ2n) is 5.52. The number of hydrogen-bond donors (Lipinski definition) is 0. The van der Waals surface area contributed by atoms with Gasteiger partial charge < -0.3 is 18.4 Å². The van der Waals surface area contributed by atoms with Gasteiger partial charge in [-0.3, -0.25) is 4.79 Å². The van der Waals surface area contributed by atoms with E-state index < -0.39 is 29.7 Å². The lowest BCUT2D eigenvalue weighted by molar-refractivity contribution is -0.181. The van der Waals surface area contributed by atoms with Crippen LogP contribution in [0.1, 0.15) is 32.6 Å². The predicted octanol–water partition coefficient (Wildman–Crippen LogP) is 2.25. The molecule has 0 aromatic carbocycles. The van der Waals surface area contributed by atoms with Crippen molar-refractivity contribution < 1.29 is 28.0 Å². The molecule has 2 heterocycles. The summed E-state index contributed by atoms with van der Waals surface area (Å²) in [5.74, 6) is -0.0260. The van der Waals surface area contributed by atoms with Crippen LogP contribution in [-0.4, -0.2) is 35.4 Å². The summed E-state index contributed by atoms with van der Waals surface area (Å²) in [6.07, 6.45) is -0.0842. The third-order valence-electron chi connectivity index (χ3n) is 2.79. The number of carbonyl (C=O) groups is 2. The highest BCUT2D eigenvalue weighted by Crippen LogP contribution is 2.38. The summed E-state index contributed by atoms with van der Waals surface area (Å²) in [5.41, 5.74) is -0.694. The number of furan rings is 1. The van der Waals surface area contributed by atoms with Crippen molar-refractivity contribution in [1.82, 2.24) is 4.90 Å². The Bertz CT molecular complexity index is 509. The molecule has 116 valence electrons. The van der Waals surface area contributed by atoms with Crippen molar-refractivity contribution in [3.63, 3.8) is 0 Å². The number of rotatable bonds is 4. The highest BCUT2D eigenvalue weighted by atomic mass is 31.0. The van der Waals surface area contributed by atoms with E-state index in [1.54, 1.807) is 32.9 Å². The molecule has 0 aliphatic carbocycles. The number of hydrogen-bond acceptors (Lipinski definition) is 6. The van der Waals surface area contributed by atoms with Gasteiger partial charge in [0.1, 0.15) is 17.4 Å². The molecule has 1 aliphatic heterocycles. The van der Waals surface area contributed by atoms with E-state index in [9.17, 15) is 9.59 Å². The van der Waals surface area contributed by atoms with Crippen LogP contribution in [0.25, 0.3) is 0 Å². The van der Waals surface area contributed by atoms with E-state index in [-0.39, 0.29) is 6.79 Å². The first kappa shape index (κ1) is 15.9. The van der Waals surface area contributed by atoms with Crippen LogP contribution in [0.15, 0.2) is 22.8 Å². The molecule has 0 saturated carbocycles. The van der Waals surface area contributed by atoms with Crippen molar-refractivity contribution >= 4 is 21.5 Å². The zero-order valence-electron chi connectivity index (χ0n) is 12.1. The SMILES string of the molecule is CC(C)(C)OC(=O)N1C(=O)[C@H](OCOP)[C@@H]1c1ccco1. The van der Waals surface area contributed by atoms with Crippen LogP contribution in [0.3, 0.4) is 0 Å². The summed E-state index contributed by atoms with van der Waals surface area (Å²) in [4.78, 5) is 25.2. The first-order valence-electron chi connectivity index (χ1n) is 6.38. The fraction of sp³-hybridized carbons (Fsp3) is 0.538. The van der Waals surface area contributed by atoms with Crippen LogP contribution in [0.5, 0.6) is 0 Å². The van der Waals surface area contributed by atoms with E-state index in [4.69, 9.17) is 18.4 Å². The first-order chi connectivity index (χ1) is 9.85. The van der Waals surface area contributed by atoms with Crippen LogP contribution in [-0.2, 0) is 18.8 Å². The third kappa shape index (κ3) is 3.43. The van der Waals surface area contributed by atoms with E-state index in [1.165, 1.54) is 6.26 Å². The molecule has 0 N–H and O–H groups in total. The Morgan fingerprint density at radius 1 is 1.48 bits per heavy atom. The molecule has 2 amide bonds. The lowest BCUT2D eigenvalue weighted by atomic mass is 9.96. The van der Waals surface area contributed by atoms with Crippen LogP contribution in [0.2, 0.25) is 0 Å². The smallest absolute Gasteiger partial charge is 0.417 e. The molecular formula is C13H18NO6P. The minimum Gasteiger partial charge on any atom is -0.467 e. The van der Waals surface area contributed by atoms with E-state index in [2.05, 4.69) is 0 Å². The monoisotopic (exact) mass is 315 g/mol. The third-order valence-corrected chi connectivity index (χ3v) is 2.92. The molecule has 1 aliphatic rings. The molecule has 1 unspecified atom stereocenters. The Morgan fingerprint density at radius 2 is 2.19 bits per heavy atom. The van der Waals surface area contributed by atoms with E-state index >= 15 is 0 Å². The van der Waals surface area contributed by atoms with Gasteiger partial charge in [-0.25, -0.2) is 9.69 Å². The molecule has 3 atom stereocenters. The first-order valence-corrected chi connectivity index (χ1v) is 6.85. The molecule has 1 aromatic heterocycles. The number of nitrogens with zero attached hydrogens (tertiary/aromatic N) is 1. The standard InChI is InChI=1S/C13H18NO6P/c1-13(2,3)20-12(16)14-9(8-5-4-6-17-8)10(11(14)15)18-7-19-21/h4-6,9-10H,7,21H2,1-3H3/t9-,10+/m0/s1. The molecule has 7 nitrogen and oxygen atoms in total. The highest BCUT2D eigenvalue weighted by molar-refractivity contribution is 7.09. The Hall–Kier alpha value is -1.43. The van der Waals surface area contributed by atoms with Crippen LogP contribution < -0.4 is 0 Å². The van der Waals surface area contributed by atoms with Crippen LogP contribution in [0.4, 0.5) is 4.79 Å². The minimum atomic E-state index is -0.829.